The summed E-state index contributed by atoms with van der Waals surface area (Å²) in [6.07, 6.45) is -0.188. The van der Waals surface area contributed by atoms with Crippen molar-refractivity contribution >= 4 is 17.4 Å². The highest BCUT2D eigenvalue weighted by molar-refractivity contribution is 6.07. The normalized spacial score (nSPS) is 11.6. The molecule has 0 fully saturated rings. The van der Waals surface area contributed by atoms with E-state index in [2.05, 4.69) is 20.4 Å². The molecule has 6 nitrogen and oxygen atoms in total. The molecule has 0 aliphatic rings. The third-order valence-corrected chi connectivity index (χ3v) is 4.28. The molecule has 3 aromatic heterocycles. The summed E-state index contributed by atoms with van der Waals surface area (Å²) in [4.78, 5) is 21.0. The van der Waals surface area contributed by atoms with Gasteiger partial charge in [-0.1, -0.05) is 18.2 Å². The quantitative estimate of drug-likeness (QED) is 0.557. The van der Waals surface area contributed by atoms with E-state index >= 15 is 0 Å². The zero-order valence-corrected chi connectivity index (χ0v) is 15.1. The molecule has 0 saturated heterocycles. The first kappa shape index (κ1) is 18.6. The van der Waals surface area contributed by atoms with Crippen LogP contribution in [0.25, 0.3) is 16.9 Å². The van der Waals surface area contributed by atoms with Crippen LogP contribution in [-0.2, 0) is 6.18 Å². The average molecular weight is 397 g/mol. The Bertz CT molecular complexity index is 1220. The second kappa shape index (κ2) is 7.01. The monoisotopic (exact) mass is 397 g/mol. The Kier molecular flexibility index (Phi) is 4.50. The van der Waals surface area contributed by atoms with Crippen molar-refractivity contribution in [2.24, 2.45) is 0 Å². The lowest BCUT2D eigenvalue weighted by Crippen LogP contribution is -2.13. The third kappa shape index (κ3) is 3.66. The fraction of sp³-hybridized carbons (Fsp3) is 0.100. The molecule has 0 aliphatic carbocycles. The number of aromatic nitrogens is 4. The first-order valence-electron chi connectivity index (χ1n) is 8.58. The van der Waals surface area contributed by atoms with Crippen LogP contribution in [0.15, 0.2) is 61.1 Å². The molecule has 3 heterocycles. The van der Waals surface area contributed by atoms with Gasteiger partial charge < -0.3 is 5.32 Å². The molecule has 4 rings (SSSR count). The van der Waals surface area contributed by atoms with Crippen LogP contribution in [0.3, 0.4) is 0 Å². The van der Waals surface area contributed by atoms with E-state index in [0.717, 1.165) is 11.6 Å². The molecule has 0 saturated carbocycles. The maximum Gasteiger partial charge on any atom is 0.417 e. The average Bonchev–Trinajstić information content (AvgIpc) is 3.10. The molecule has 0 atom stereocenters. The van der Waals surface area contributed by atoms with Gasteiger partial charge in [0, 0.05) is 18.0 Å². The number of benzene rings is 1. The van der Waals surface area contributed by atoms with Crippen LogP contribution in [0.1, 0.15) is 21.5 Å². The zero-order chi connectivity index (χ0) is 20.6. The van der Waals surface area contributed by atoms with Crippen LogP contribution in [0.2, 0.25) is 0 Å². The molecule has 4 aromatic rings. The van der Waals surface area contributed by atoms with E-state index < -0.39 is 17.6 Å². The van der Waals surface area contributed by atoms with Crippen molar-refractivity contribution in [3.63, 3.8) is 0 Å². The van der Waals surface area contributed by atoms with Crippen LogP contribution >= 0.6 is 0 Å². The molecule has 0 radical (unpaired) electrons. The Morgan fingerprint density at radius 2 is 1.93 bits per heavy atom. The van der Waals surface area contributed by atoms with E-state index in [0.29, 0.717) is 5.82 Å². The molecule has 0 unspecified atom stereocenters. The highest BCUT2D eigenvalue weighted by atomic mass is 19.4. The summed E-state index contributed by atoms with van der Waals surface area (Å²) >= 11 is 0. The summed E-state index contributed by atoms with van der Waals surface area (Å²) in [5, 5.41) is 6.70. The molecule has 9 heteroatoms. The Balaban J connectivity index is 1.75. The highest BCUT2D eigenvalue weighted by Gasteiger charge is 2.33. The van der Waals surface area contributed by atoms with Crippen molar-refractivity contribution in [1.82, 2.24) is 19.6 Å². The predicted molar refractivity (Wildman–Crippen MR) is 100 cm³/mol. The molecule has 1 aromatic carbocycles. The first-order valence-corrected chi connectivity index (χ1v) is 8.58. The van der Waals surface area contributed by atoms with Crippen molar-refractivity contribution in [3.8, 4) is 11.3 Å². The number of rotatable bonds is 3. The van der Waals surface area contributed by atoms with E-state index in [4.69, 9.17) is 0 Å². The second-order valence-electron chi connectivity index (χ2n) is 6.36. The maximum absolute atomic E-state index is 13.4. The minimum Gasteiger partial charge on any atom is -0.306 e. The number of nitrogens with zero attached hydrogens (tertiary/aromatic N) is 4. The van der Waals surface area contributed by atoms with Gasteiger partial charge in [0.05, 0.1) is 17.5 Å². The van der Waals surface area contributed by atoms with Gasteiger partial charge in [-0.25, -0.2) is 14.5 Å². The Morgan fingerprint density at radius 3 is 2.69 bits per heavy atom. The Labute approximate surface area is 163 Å². The number of pyridine rings is 1. The van der Waals surface area contributed by atoms with Crippen molar-refractivity contribution in [1.29, 1.82) is 0 Å². The zero-order valence-electron chi connectivity index (χ0n) is 15.1. The Hall–Kier alpha value is -3.75. The van der Waals surface area contributed by atoms with Crippen LogP contribution in [0, 0.1) is 6.92 Å². The number of aryl methyl sites for hydroxylation is 1. The second-order valence-corrected chi connectivity index (χ2v) is 6.36. The molecule has 29 heavy (non-hydrogen) atoms. The molecule has 1 amide bonds. The van der Waals surface area contributed by atoms with Crippen LogP contribution in [-0.4, -0.2) is 25.5 Å². The van der Waals surface area contributed by atoms with E-state index in [1.807, 2.05) is 6.92 Å². The van der Waals surface area contributed by atoms with E-state index in [9.17, 15) is 18.0 Å². The number of halogens is 3. The van der Waals surface area contributed by atoms with Gasteiger partial charge >= 0.3 is 6.18 Å². The lowest BCUT2D eigenvalue weighted by atomic mass is 10.0. The van der Waals surface area contributed by atoms with Gasteiger partial charge in [0.2, 0.25) is 0 Å². The number of hydrogen-bond acceptors (Lipinski definition) is 4. The number of fused-ring (bicyclic) bond motifs is 1. The van der Waals surface area contributed by atoms with Crippen molar-refractivity contribution in [2.75, 3.05) is 5.32 Å². The minimum absolute atomic E-state index is 0.0737. The molecule has 146 valence electrons. The summed E-state index contributed by atoms with van der Waals surface area (Å²) in [5.41, 5.74) is 0.402. The summed E-state index contributed by atoms with van der Waals surface area (Å²) in [5.74, 6) is -0.153. The molecule has 1 N–H and O–H groups in total. The van der Waals surface area contributed by atoms with Gasteiger partial charge in [-0.2, -0.15) is 18.3 Å². The van der Waals surface area contributed by atoms with Crippen LogP contribution < -0.4 is 5.32 Å². The summed E-state index contributed by atoms with van der Waals surface area (Å²) in [6.45, 7) is 1.86. The van der Waals surface area contributed by atoms with E-state index in [1.54, 1.807) is 18.3 Å². The topological polar surface area (TPSA) is 72.2 Å². The van der Waals surface area contributed by atoms with Crippen molar-refractivity contribution in [3.05, 3.63) is 77.7 Å². The van der Waals surface area contributed by atoms with Crippen molar-refractivity contribution < 1.29 is 18.0 Å². The highest BCUT2D eigenvalue weighted by Crippen LogP contribution is 2.36. The summed E-state index contributed by atoms with van der Waals surface area (Å²) in [7, 11) is 0. The van der Waals surface area contributed by atoms with Crippen molar-refractivity contribution in [2.45, 2.75) is 13.1 Å². The standard InChI is InChI=1S/C20H14F3N5O/c1-12-6-8-24-17(10-12)27-19(29)14-11-25-28-9-7-16(26-18(14)28)13-4-2-3-5-15(13)20(21,22)23/h2-11H,1H3,(H,24,27,29). The number of carbonyl (C=O) groups excluding carboxylic acids is 1. The van der Waals surface area contributed by atoms with Gasteiger partial charge in [-0.15, -0.1) is 0 Å². The lowest BCUT2D eigenvalue weighted by molar-refractivity contribution is -0.137. The molecule has 0 aliphatic heterocycles. The van der Waals surface area contributed by atoms with Crippen LogP contribution in [0.5, 0.6) is 0 Å². The van der Waals surface area contributed by atoms with E-state index in [-0.39, 0.29) is 22.5 Å². The smallest absolute Gasteiger partial charge is 0.306 e. The third-order valence-electron chi connectivity index (χ3n) is 4.28. The molecule has 0 spiro atoms. The lowest BCUT2D eigenvalue weighted by Gasteiger charge is -2.12. The van der Waals surface area contributed by atoms with Gasteiger partial charge in [0.25, 0.3) is 5.91 Å². The number of carbonyl (C=O) groups is 1. The van der Waals surface area contributed by atoms with Crippen LogP contribution in [0.4, 0.5) is 19.0 Å². The fourth-order valence-corrected chi connectivity index (χ4v) is 2.92. The largest absolute Gasteiger partial charge is 0.417 e. The molecule has 0 bridgehead atoms. The SMILES string of the molecule is Cc1ccnc(NC(=O)c2cnn3ccc(-c4ccccc4C(F)(F)F)nc23)c1. The fourth-order valence-electron chi connectivity index (χ4n) is 2.92. The van der Waals surface area contributed by atoms with Gasteiger partial charge in [-0.3, -0.25) is 4.79 Å². The maximum atomic E-state index is 13.4. The van der Waals surface area contributed by atoms with Gasteiger partial charge in [0.15, 0.2) is 5.65 Å². The predicted octanol–water partition coefficient (Wildman–Crippen LogP) is 4.37. The summed E-state index contributed by atoms with van der Waals surface area (Å²) < 4.78 is 41.4. The van der Waals surface area contributed by atoms with E-state index in [1.165, 1.54) is 41.2 Å². The van der Waals surface area contributed by atoms with Gasteiger partial charge in [0.1, 0.15) is 11.4 Å². The number of hydrogen-bond donors (Lipinski definition) is 1. The minimum atomic E-state index is -4.53. The van der Waals surface area contributed by atoms with Gasteiger partial charge in [-0.05, 0) is 36.8 Å². The number of amides is 1. The summed E-state index contributed by atoms with van der Waals surface area (Å²) in [6, 6.07) is 10.1. The number of anilines is 1. The Morgan fingerprint density at radius 1 is 1.14 bits per heavy atom. The molecular weight excluding hydrogens is 383 g/mol. The number of nitrogens with one attached hydrogen (secondary N) is 1. The molecular formula is C20H14F3N5O. The number of alkyl halides is 3. The first-order chi connectivity index (χ1) is 13.8.